The number of benzene rings is 3. The summed E-state index contributed by atoms with van der Waals surface area (Å²) in [5.41, 5.74) is 3.79. The first kappa shape index (κ1) is 18.9. The lowest BCUT2D eigenvalue weighted by atomic mass is 10.1. The summed E-state index contributed by atoms with van der Waals surface area (Å²) in [5, 5.41) is 15.6. The number of nitriles is 1. The second kappa shape index (κ2) is 9.20. The van der Waals surface area contributed by atoms with Gasteiger partial charge < -0.3 is 10.6 Å². The summed E-state index contributed by atoms with van der Waals surface area (Å²) in [6.07, 6.45) is 1.60. The van der Waals surface area contributed by atoms with Gasteiger partial charge in [0, 0.05) is 11.4 Å². The van der Waals surface area contributed by atoms with Gasteiger partial charge in [0.2, 0.25) is 0 Å². The summed E-state index contributed by atoms with van der Waals surface area (Å²) < 4.78 is 0. The van der Waals surface area contributed by atoms with Crippen molar-refractivity contribution in [2.75, 3.05) is 5.32 Å². The molecule has 0 aliphatic heterocycles. The first-order valence-electron chi connectivity index (χ1n) is 9.05. The van der Waals surface area contributed by atoms with Crippen LogP contribution in [0.25, 0.3) is 6.08 Å². The Bertz CT molecular complexity index is 988. The van der Waals surface area contributed by atoms with Crippen LogP contribution >= 0.6 is 0 Å². The van der Waals surface area contributed by atoms with Crippen molar-refractivity contribution in [3.8, 4) is 6.07 Å². The Kier molecular flexibility index (Phi) is 6.22. The minimum atomic E-state index is -0.384. The van der Waals surface area contributed by atoms with Crippen molar-refractivity contribution in [2.45, 2.75) is 13.0 Å². The topological polar surface area (TPSA) is 64.9 Å². The molecule has 0 saturated carbocycles. The highest BCUT2D eigenvalue weighted by atomic mass is 16.1. The molecule has 4 nitrogen and oxygen atoms in total. The van der Waals surface area contributed by atoms with Crippen molar-refractivity contribution in [1.29, 1.82) is 5.26 Å². The van der Waals surface area contributed by atoms with E-state index in [4.69, 9.17) is 0 Å². The van der Waals surface area contributed by atoms with Crippen LogP contribution in [0, 0.1) is 11.3 Å². The Balaban J connectivity index is 1.68. The Hall–Kier alpha value is -3.84. The summed E-state index contributed by atoms with van der Waals surface area (Å²) in [5.74, 6) is -0.384. The van der Waals surface area contributed by atoms with Gasteiger partial charge in [-0.1, -0.05) is 60.7 Å². The van der Waals surface area contributed by atoms with Gasteiger partial charge in [-0.2, -0.15) is 5.26 Å². The van der Waals surface area contributed by atoms with Crippen LogP contribution < -0.4 is 10.6 Å². The van der Waals surface area contributed by atoms with Crippen molar-refractivity contribution in [3.05, 3.63) is 102 Å². The summed E-state index contributed by atoms with van der Waals surface area (Å²) in [4.78, 5) is 12.5. The van der Waals surface area contributed by atoms with E-state index >= 15 is 0 Å². The molecular weight excluding hydrogens is 346 g/mol. The van der Waals surface area contributed by atoms with Gasteiger partial charge >= 0.3 is 0 Å². The monoisotopic (exact) mass is 367 g/mol. The molecule has 0 heterocycles. The van der Waals surface area contributed by atoms with E-state index in [-0.39, 0.29) is 17.5 Å². The first-order chi connectivity index (χ1) is 13.7. The molecule has 0 aliphatic rings. The minimum Gasteiger partial charge on any atom is -0.356 e. The molecule has 0 fully saturated rings. The average Bonchev–Trinajstić information content (AvgIpc) is 2.74. The third-order valence-corrected chi connectivity index (χ3v) is 4.30. The molecule has 1 atom stereocenters. The molecule has 1 amide bonds. The molecule has 0 unspecified atom stereocenters. The molecule has 0 saturated heterocycles. The van der Waals surface area contributed by atoms with Crippen LogP contribution in [0.1, 0.15) is 24.1 Å². The zero-order chi connectivity index (χ0) is 19.8. The molecule has 3 aromatic rings. The second-order valence-corrected chi connectivity index (χ2v) is 6.39. The Morgan fingerprint density at radius 2 is 1.46 bits per heavy atom. The van der Waals surface area contributed by atoms with Crippen molar-refractivity contribution in [1.82, 2.24) is 5.32 Å². The molecule has 0 spiro atoms. The van der Waals surface area contributed by atoms with E-state index in [9.17, 15) is 10.1 Å². The van der Waals surface area contributed by atoms with Gasteiger partial charge in [-0.05, 0) is 48.4 Å². The van der Waals surface area contributed by atoms with Crippen molar-refractivity contribution < 1.29 is 4.79 Å². The lowest BCUT2D eigenvalue weighted by Crippen LogP contribution is -2.27. The number of hydrogen-bond acceptors (Lipinski definition) is 3. The fourth-order valence-electron chi connectivity index (χ4n) is 2.77. The van der Waals surface area contributed by atoms with E-state index in [1.807, 2.05) is 97.9 Å². The zero-order valence-corrected chi connectivity index (χ0v) is 15.6. The van der Waals surface area contributed by atoms with Crippen molar-refractivity contribution in [2.24, 2.45) is 0 Å². The molecule has 138 valence electrons. The Morgan fingerprint density at radius 1 is 0.893 bits per heavy atom. The van der Waals surface area contributed by atoms with E-state index in [1.54, 1.807) is 6.08 Å². The quantitative estimate of drug-likeness (QED) is 0.464. The maximum atomic E-state index is 12.5. The number of nitrogens with one attached hydrogen (secondary N) is 2. The predicted octanol–water partition coefficient (Wildman–Crippen LogP) is 5.21. The molecule has 28 heavy (non-hydrogen) atoms. The van der Waals surface area contributed by atoms with Crippen molar-refractivity contribution >= 4 is 23.4 Å². The van der Waals surface area contributed by atoms with Crippen LogP contribution in [0.3, 0.4) is 0 Å². The normalized spacial score (nSPS) is 11.9. The van der Waals surface area contributed by atoms with Gasteiger partial charge in [-0.3, -0.25) is 4.79 Å². The highest BCUT2D eigenvalue weighted by Gasteiger charge is 2.13. The predicted molar refractivity (Wildman–Crippen MR) is 113 cm³/mol. The van der Waals surface area contributed by atoms with E-state index in [1.165, 1.54) is 0 Å². The maximum absolute atomic E-state index is 12.5. The van der Waals surface area contributed by atoms with Gasteiger partial charge in [-0.15, -0.1) is 0 Å². The van der Waals surface area contributed by atoms with E-state index in [2.05, 4.69) is 10.6 Å². The standard InChI is InChI=1S/C24H21N3O/c1-18(20-8-4-2-5-9-20)26-24(28)21(17-25)16-19-12-14-23(15-13-19)27-22-10-6-3-7-11-22/h2-16,18,27H,1H3,(H,26,28)/b21-16+/t18-/m0/s1. The summed E-state index contributed by atoms with van der Waals surface area (Å²) >= 11 is 0. The van der Waals surface area contributed by atoms with Crippen LogP contribution in [-0.2, 0) is 4.79 Å². The molecule has 4 heteroatoms. The van der Waals surface area contributed by atoms with Gasteiger partial charge in [0.1, 0.15) is 11.6 Å². The molecule has 0 radical (unpaired) electrons. The Morgan fingerprint density at radius 3 is 2.07 bits per heavy atom. The fourth-order valence-corrected chi connectivity index (χ4v) is 2.77. The summed E-state index contributed by atoms with van der Waals surface area (Å²) in [6, 6.07) is 28.9. The molecule has 3 aromatic carbocycles. The number of carbonyl (C=O) groups excluding carboxylic acids is 1. The SMILES string of the molecule is C[C@H](NC(=O)/C(C#N)=C/c1ccc(Nc2ccccc2)cc1)c1ccccc1. The highest BCUT2D eigenvalue weighted by Crippen LogP contribution is 2.18. The lowest BCUT2D eigenvalue weighted by Gasteiger charge is -2.13. The molecule has 0 aromatic heterocycles. The fraction of sp³-hybridized carbons (Fsp3) is 0.0833. The molecule has 2 N–H and O–H groups in total. The second-order valence-electron chi connectivity index (χ2n) is 6.39. The number of amides is 1. The third kappa shape index (κ3) is 5.09. The number of rotatable bonds is 6. The third-order valence-electron chi connectivity index (χ3n) is 4.30. The van der Waals surface area contributed by atoms with Crippen LogP contribution in [0.2, 0.25) is 0 Å². The maximum Gasteiger partial charge on any atom is 0.262 e. The molecule has 0 bridgehead atoms. The largest absolute Gasteiger partial charge is 0.356 e. The molecule has 0 aliphatic carbocycles. The van der Waals surface area contributed by atoms with Gasteiger partial charge in [0.05, 0.1) is 6.04 Å². The van der Waals surface area contributed by atoms with Crippen molar-refractivity contribution in [3.63, 3.8) is 0 Å². The van der Waals surface area contributed by atoms with Crippen LogP contribution in [0.5, 0.6) is 0 Å². The number of anilines is 2. The van der Waals surface area contributed by atoms with Gasteiger partial charge in [0.15, 0.2) is 0 Å². The van der Waals surface area contributed by atoms with E-state index in [0.717, 1.165) is 22.5 Å². The number of carbonyl (C=O) groups is 1. The summed E-state index contributed by atoms with van der Waals surface area (Å²) in [6.45, 7) is 1.90. The number of para-hydroxylation sites is 1. The molecule has 3 rings (SSSR count). The van der Waals surface area contributed by atoms with Gasteiger partial charge in [-0.25, -0.2) is 0 Å². The smallest absolute Gasteiger partial charge is 0.262 e. The van der Waals surface area contributed by atoms with Crippen LogP contribution in [0.4, 0.5) is 11.4 Å². The van der Waals surface area contributed by atoms with Gasteiger partial charge in [0.25, 0.3) is 5.91 Å². The zero-order valence-electron chi connectivity index (χ0n) is 15.6. The number of hydrogen-bond donors (Lipinski definition) is 2. The average molecular weight is 367 g/mol. The van der Waals surface area contributed by atoms with Crippen LogP contribution in [0.15, 0.2) is 90.5 Å². The molecular formula is C24H21N3O. The van der Waals surface area contributed by atoms with E-state index < -0.39 is 0 Å². The van der Waals surface area contributed by atoms with E-state index in [0.29, 0.717) is 0 Å². The first-order valence-corrected chi connectivity index (χ1v) is 9.05. The minimum absolute atomic E-state index is 0.0755. The highest BCUT2D eigenvalue weighted by molar-refractivity contribution is 6.01. The number of nitrogens with zero attached hydrogens (tertiary/aromatic N) is 1. The Labute approximate surface area is 165 Å². The van der Waals surface area contributed by atoms with Crippen LogP contribution in [-0.4, -0.2) is 5.91 Å². The lowest BCUT2D eigenvalue weighted by molar-refractivity contribution is -0.117. The summed E-state index contributed by atoms with van der Waals surface area (Å²) in [7, 11) is 0.